The van der Waals surface area contributed by atoms with Crippen molar-refractivity contribution in [3.63, 3.8) is 0 Å². The Bertz CT molecular complexity index is 950. The Morgan fingerprint density at radius 3 is 2.91 bits per heavy atom. The van der Waals surface area contributed by atoms with Crippen molar-refractivity contribution < 1.29 is 14.4 Å². The molecule has 1 amide bonds. The first-order chi connectivity index (χ1) is 16.7. The average molecular weight is 486 g/mol. The van der Waals surface area contributed by atoms with Crippen molar-refractivity contribution in [3.8, 4) is 0 Å². The first-order valence-corrected chi connectivity index (χ1v) is 12.3. The summed E-state index contributed by atoms with van der Waals surface area (Å²) in [5.74, 6) is 0.370. The van der Waals surface area contributed by atoms with Gasteiger partial charge in [0, 0.05) is 43.3 Å². The SMILES string of the molecule is O=C(C=Cc1cnc(N[C@@H]2CCCN(CCc3ccccc3Cl)C2)cn1)NOC1CCCCO1. The molecule has 34 heavy (non-hydrogen) atoms. The van der Waals surface area contributed by atoms with Crippen LogP contribution in [0.2, 0.25) is 5.02 Å². The van der Waals surface area contributed by atoms with Gasteiger partial charge in [-0.3, -0.25) is 9.78 Å². The number of rotatable bonds is 9. The number of piperidine rings is 1. The number of hydroxylamine groups is 1. The van der Waals surface area contributed by atoms with E-state index in [0.29, 0.717) is 18.3 Å². The van der Waals surface area contributed by atoms with Crippen LogP contribution in [0, 0.1) is 0 Å². The first kappa shape index (κ1) is 24.6. The van der Waals surface area contributed by atoms with Crippen molar-refractivity contribution in [1.82, 2.24) is 20.3 Å². The molecule has 1 aromatic heterocycles. The lowest BCUT2D eigenvalue weighted by Gasteiger charge is -2.33. The zero-order chi connectivity index (χ0) is 23.6. The zero-order valence-corrected chi connectivity index (χ0v) is 20.0. The number of hydrogen-bond acceptors (Lipinski definition) is 7. The molecule has 3 heterocycles. The molecule has 2 aromatic rings. The fraction of sp³-hybridized carbons (Fsp3) is 0.480. The first-order valence-electron chi connectivity index (χ1n) is 12.0. The van der Waals surface area contributed by atoms with E-state index in [1.165, 1.54) is 11.6 Å². The maximum Gasteiger partial charge on any atom is 0.267 e. The van der Waals surface area contributed by atoms with E-state index in [4.69, 9.17) is 21.2 Å². The molecule has 9 heteroatoms. The number of benzene rings is 1. The van der Waals surface area contributed by atoms with Crippen LogP contribution in [-0.4, -0.2) is 59.3 Å². The molecule has 0 saturated carbocycles. The molecule has 182 valence electrons. The van der Waals surface area contributed by atoms with Crippen LogP contribution in [0.15, 0.2) is 42.7 Å². The summed E-state index contributed by atoms with van der Waals surface area (Å²) in [4.78, 5) is 28.5. The van der Waals surface area contributed by atoms with Crippen molar-refractivity contribution >= 4 is 29.4 Å². The number of likely N-dealkylation sites (tertiary alicyclic amines) is 1. The average Bonchev–Trinajstić information content (AvgIpc) is 2.87. The standard InChI is InChI=1S/C25H32ClN5O3/c26-22-8-2-1-6-19(22)12-14-31-13-5-7-21(18-31)29-23-17-27-20(16-28-23)10-11-24(32)30-34-25-9-3-4-15-33-25/h1-2,6,8,10-11,16-17,21,25H,3-5,7,9,12-15,18H2,(H,28,29)(H,30,32)/t21-,25?/m1/s1. The summed E-state index contributed by atoms with van der Waals surface area (Å²) in [7, 11) is 0. The number of aromatic nitrogens is 2. The Kier molecular flexibility index (Phi) is 9.27. The monoisotopic (exact) mass is 485 g/mol. The van der Waals surface area contributed by atoms with Gasteiger partial charge in [-0.2, -0.15) is 0 Å². The molecule has 2 aliphatic heterocycles. The lowest BCUT2D eigenvalue weighted by atomic mass is 10.0. The number of ether oxygens (including phenoxy) is 1. The molecule has 0 aliphatic carbocycles. The van der Waals surface area contributed by atoms with E-state index in [2.05, 4.69) is 31.7 Å². The van der Waals surface area contributed by atoms with Gasteiger partial charge < -0.3 is 15.0 Å². The largest absolute Gasteiger partial charge is 0.365 e. The van der Waals surface area contributed by atoms with Crippen LogP contribution >= 0.6 is 11.6 Å². The fourth-order valence-corrected chi connectivity index (χ4v) is 4.42. The van der Waals surface area contributed by atoms with E-state index in [9.17, 15) is 4.79 Å². The van der Waals surface area contributed by atoms with Crippen LogP contribution in [0.1, 0.15) is 43.4 Å². The molecule has 1 aromatic carbocycles. The third kappa shape index (κ3) is 7.77. The molecule has 0 radical (unpaired) electrons. The highest BCUT2D eigenvalue weighted by Gasteiger charge is 2.20. The van der Waals surface area contributed by atoms with Gasteiger partial charge >= 0.3 is 0 Å². The molecule has 4 rings (SSSR count). The highest BCUT2D eigenvalue weighted by Crippen LogP contribution is 2.18. The Balaban J connectivity index is 1.20. The second-order valence-corrected chi connectivity index (χ2v) is 9.07. The normalized spacial score (nSPS) is 21.4. The van der Waals surface area contributed by atoms with Gasteiger partial charge in [0.1, 0.15) is 5.82 Å². The molecule has 1 unspecified atom stereocenters. The number of halogens is 1. The van der Waals surface area contributed by atoms with E-state index in [0.717, 1.165) is 69.0 Å². The minimum atomic E-state index is -0.372. The van der Waals surface area contributed by atoms with Crippen LogP contribution in [0.25, 0.3) is 6.08 Å². The summed E-state index contributed by atoms with van der Waals surface area (Å²) in [6.45, 7) is 3.69. The molecule has 8 nitrogen and oxygen atoms in total. The molecule has 0 spiro atoms. The summed E-state index contributed by atoms with van der Waals surface area (Å²) < 4.78 is 5.41. The van der Waals surface area contributed by atoms with Crippen LogP contribution in [0.3, 0.4) is 0 Å². The van der Waals surface area contributed by atoms with E-state index >= 15 is 0 Å². The predicted molar refractivity (Wildman–Crippen MR) is 132 cm³/mol. The van der Waals surface area contributed by atoms with Crippen molar-refractivity contribution in [2.75, 3.05) is 31.6 Å². The second kappa shape index (κ2) is 12.8. The van der Waals surface area contributed by atoms with Crippen LogP contribution in [-0.2, 0) is 20.8 Å². The number of anilines is 1. The molecule has 2 aliphatic rings. The smallest absolute Gasteiger partial charge is 0.267 e. The number of nitrogens with one attached hydrogen (secondary N) is 2. The van der Waals surface area contributed by atoms with Gasteiger partial charge in [0.15, 0.2) is 6.29 Å². The Hall–Kier alpha value is -2.52. The Morgan fingerprint density at radius 2 is 2.12 bits per heavy atom. The van der Waals surface area contributed by atoms with E-state index in [-0.39, 0.29) is 12.2 Å². The minimum Gasteiger partial charge on any atom is -0.365 e. The fourth-order valence-electron chi connectivity index (χ4n) is 4.19. The van der Waals surface area contributed by atoms with Gasteiger partial charge in [-0.15, -0.1) is 0 Å². The lowest BCUT2D eigenvalue weighted by Crippen LogP contribution is -2.43. The summed E-state index contributed by atoms with van der Waals surface area (Å²) >= 11 is 6.29. The highest BCUT2D eigenvalue weighted by atomic mass is 35.5. The molecule has 0 bridgehead atoms. The van der Waals surface area contributed by atoms with Crippen molar-refractivity contribution in [2.45, 2.75) is 50.9 Å². The number of carbonyl (C=O) groups is 1. The van der Waals surface area contributed by atoms with Gasteiger partial charge in [0.25, 0.3) is 5.91 Å². The van der Waals surface area contributed by atoms with Crippen LogP contribution in [0.4, 0.5) is 5.82 Å². The summed E-state index contributed by atoms with van der Waals surface area (Å²) in [6.07, 6.45) is 12.0. The maximum absolute atomic E-state index is 11.9. The van der Waals surface area contributed by atoms with Gasteiger partial charge in [-0.05, 0) is 56.4 Å². The van der Waals surface area contributed by atoms with Gasteiger partial charge in [0.05, 0.1) is 18.1 Å². The highest BCUT2D eigenvalue weighted by molar-refractivity contribution is 6.31. The van der Waals surface area contributed by atoms with Gasteiger partial charge in [0.2, 0.25) is 0 Å². The molecular formula is C25H32ClN5O3. The van der Waals surface area contributed by atoms with Crippen LogP contribution < -0.4 is 10.8 Å². The number of nitrogens with zero attached hydrogens (tertiary/aromatic N) is 3. The van der Waals surface area contributed by atoms with Crippen molar-refractivity contribution in [1.29, 1.82) is 0 Å². The number of carbonyl (C=O) groups excluding carboxylic acids is 1. The molecular weight excluding hydrogens is 454 g/mol. The summed E-state index contributed by atoms with van der Waals surface area (Å²) in [6, 6.07) is 8.36. The minimum absolute atomic E-state index is 0.320. The number of amides is 1. The van der Waals surface area contributed by atoms with Gasteiger partial charge in [-0.1, -0.05) is 29.8 Å². The number of hydrogen-bond donors (Lipinski definition) is 2. The molecule has 2 fully saturated rings. The van der Waals surface area contributed by atoms with Crippen molar-refractivity contribution in [3.05, 3.63) is 59.0 Å². The topological polar surface area (TPSA) is 88.6 Å². The Morgan fingerprint density at radius 1 is 1.21 bits per heavy atom. The zero-order valence-electron chi connectivity index (χ0n) is 19.3. The molecule has 2 atom stereocenters. The third-order valence-corrected chi connectivity index (χ3v) is 6.39. The van der Waals surface area contributed by atoms with E-state index in [1.807, 2.05) is 18.2 Å². The quantitative estimate of drug-likeness (QED) is 0.412. The summed E-state index contributed by atoms with van der Waals surface area (Å²) in [5, 5.41) is 4.33. The van der Waals surface area contributed by atoms with Crippen LogP contribution in [0.5, 0.6) is 0 Å². The third-order valence-electron chi connectivity index (χ3n) is 6.02. The second-order valence-electron chi connectivity index (χ2n) is 8.67. The van der Waals surface area contributed by atoms with E-state index < -0.39 is 0 Å². The lowest BCUT2D eigenvalue weighted by molar-refractivity contribution is -0.198. The maximum atomic E-state index is 11.9. The predicted octanol–water partition coefficient (Wildman–Crippen LogP) is 3.84. The van der Waals surface area contributed by atoms with Gasteiger partial charge in [-0.25, -0.2) is 15.3 Å². The molecule has 2 saturated heterocycles. The summed E-state index contributed by atoms with van der Waals surface area (Å²) in [5.41, 5.74) is 4.18. The van der Waals surface area contributed by atoms with E-state index in [1.54, 1.807) is 18.5 Å². The molecule has 2 N–H and O–H groups in total. The van der Waals surface area contributed by atoms with Crippen molar-refractivity contribution in [2.24, 2.45) is 0 Å². The Labute approximate surface area is 205 Å².